The Labute approximate surface area is 95.7 Å². The van der Waals surface area contributed by atoms with Crippen molar-refractivity contribution >= 4 is 0 Å². The normalized spacial score (nSPS) is 12.2. The lowest BCUT2D eigenvalue weighted by molar-refractivity contribution is 0.192. The van der Waals surface area contributed by atoms with Gasteiger partial charge < -0.3 is 4.74 Å². The first-order valence-electron chi connectivity index (χ1n) is 5.38. The molecule has 0 saturated heterocycles. The summed E-state index contributed by atoms with van der Waals surface area (Å²) >= 11 is 0. The Hall–Kier alpha value is -1.56. The number of nitriles is 1. The summed E-state index contributed by atoms with van der Waals surface area (Å²) in [6, 6.07) is 5.96. The third-order valence-corrected chi connectivity index (χ3v) is 2.14. The number of rotatable bonds is 4. The fourth-order valence-electron chi connectivity index (χ4n) is 1.64. The Kier molecular flexibility index (Phi) is 4.30. The molecule has 0 aromatic heterocycles. The van der Waals surface area contributed by atoms with Gasteiger partial charge in [0, 0.05) is 6.07 Å². The van der Waals surface area contributed by atoms with Crippen molar-refractivity contribution in [2.24, 2.45) is 5.92 Å². The van der Waals surface area contributed by atoms with Crippen LogP contribution in [0.3, 0.4) is 0 Å². The molecular formula is C13H16FNO. The van der Waals surface area contributed by atoms with Crippen LogP contribution in [0.2, 0.25) is 0 Å². The van der Waals surface area contributed by atoms with E-state index in [4.69, 9.17) is 10.00 Å². The van der Waals surface area contributed by atoms with E-state index in [1.807, 2.05) is 13.0 Å². The zero-order valence-electron chi connectivity index (χ0n) is 9.83. The molecule has 0 bridgehead atoms. The first-order valence-corrected chi connectivity index (χ1v) is 5.38. The third-order valence-electron chi connectivity index (χ3n) is 2.14. The van der Waals surface area contributed by atoms with E-state index >= 15 is 0 Å². The Morgan fingerprint density at radius 3 is 2.56 bits per heavy atom. The molecule has 0 aliphatic carbocycles. The predicted molar refractivity (Wildman–Crippen MR) is 60.7 cm³/mol. The zero-order valence-corrected chi connectivity index (χ0v) is 9.83. The summed E-state index contributed by atoms with van der Waals surface area (Å²) in [5, 5.41) is 8.69. The van der Waals surface area contributed by atoms with Gasteiger partial charge in [-0.1, -0.05) is 13.8 Å². The maximum absolute atomic E-state index is 13.1. The number of benzene rings is 1. The fraction of sp³-hybridized carbons (Fsp3) is 0.462. The minimum absolute atomic E-state index is 0.0216. The van der Waals surface area contributed by atoms with Crippen LogP contribution in [0.4, 0.5) is 4.39 Å². The number of hydrogen-bond donors (Lipinski definition) is 0. The lowest BCUT2D eigenvalue weighted by atomic mass is 10.1. The molecule has 1 unspecified atom stereocenters. The van der Waals surface area contributed by atoms with Crippen molar-refractivity contribution in [1.82, 2.24) is 0 Å². The molecule has 0 aliphatic rings. The standard InChI is InChI=1S/C13H16FNO/c1-9(2)4-10(3)16-13-6-11(8-15)5-12(14)7-13/h5-7,9-10H,4H2,1-3H3. The average Bonchev–Trinajstić information content (AvgIpc) is 2.14. The van der Waals surface area contributed by atoms with E-state index in [0.717, 1.165) is 6.42 Å². The highest BCUT2D eigenvalue weighted by Gasteiger charge is 2.08. The second kappa shape index (κ2) is 5.50. The van der Waals surface area contributed by atoms with Crippen molar-refractivity contribution in [3.8, 4) is 11.8 Å². The number of halogens is 1. The molecule has 0 heterocycles. The van der Waals surface area contributed by atoms with Crippen LogP contribution in [0.1, 0.15) is 32.8 Å². The first kappa shape index (κ1) is 12.5. The molecule has 0 saturated carbocycles. The molecule has 3 heteroatoms. The maximum atomic E-state index is 13.1. The monoisotopic (exact) mass is 221 g/mol. The molecule has 86 valence electrons. The summed E-state index contributed by atoms with van der Waals surface area (Å²) in [5.74, 6) is 0.509. The summed E-state index contributed by atoms with van der Waals surface area (Å²) < 4.78 is 18.7. The highest BCUT2D eigenvalue weighted by molar-refractivity contribution is 5.37. The zero-order chi connectivity index (χ0) is 12.1. The van der Waals surface area contributed by atoms with E-state index in [-0.39, 0.29) is 11.7 Å². The topological polar surface area (TPSA) is 33.0 Å². The second-order valence-electron chi connectivity index (χ2n) is 4.35. The van der Waals surface area contributed by atoms with Gasteiger partial charge in [-0.15, -0.1) is 0 Å². The van der Waals surface area contributed by atoms with Crippen molar-refractivity contribution in [2.45, 2.75) is 33.3 Å². The largest absolute Gasteiger partial charge is 0.491 e. The van der Waals surface area contributed by atoms with Gasteiger partial charge in [0.2, 0.25) is 0 Å². The van der Waals surface area contributed by atoms with Gasteiger partial charge in [0.1, 0.15) is 11.6 Å². The van der Waals surface area contributed by atoms with Crippen LogP contribution in [0.5, 0.6) is 5.75 Å². The number of ether oxygens (including phenoxy) is 1. The summed E-state index contributed by atoms with van der Waals surface area (Å²) in [6.45, 7) is 6.15. The third kappa shape index (κ3) is 3.90. The molecular weight excluding hydrogens is 205 g/mol. The molecule has 0 spiro atoms. The predicted octanol–water partition coefficient (Wildman–Crippen LogP) is 3.51. The van der Waals surface area contributed by atoms with Crippen molar-refractivity contribution < 1.29 is 9.13 Å². The summed E-state index contributed by atoms with van der Waals surface area (Å²) in [4.78, 5) is 0. The SMILES string of the molecule is CC(C)CC(C)Oc1cc(F)cc(C#N)c1. The Morgan fingerprint density at radius 2 is 2.00 bits per heavy atom. The molecule has 2 nitrogen and oxygen atoms in total. The molecule has 16 heavy (non-hydrogen) atoms. The molecule has 0 aliphatic heterocycles. The molecule has 1 aromatic rings. The van der Waals surface area contributed by atoms with Crippen molar-refractivity contribution in [3.63, 3.8) is 0 Å². The van der Waals surface area contributed by atoms with E-state index in [1.54, 1.807) is 6.07 Å². The molecule has 0 radical (unpaired) electrons. The van der Waals surface area contributed by atoms with Gasteiger partial charge in [0.15, 0.2) is 0 Å². The van der Waals surface area contributed by atoms with Gasteiger partial charge in [-0.05, 0) is 31.4 Å². The first-order chi connectivity index (χ1) is 7.51. The molecule has 0 amide bonds. The van der Waals surface area contributed by atoms with Gasteiger partial charge in [-0.3, -0.25) is 0 Å². The Balaban J connectivity index is 2.74. The summed E-state index contributed by atoms with van der Waals surface area (Å²) in [7, 11) is 0. The van der Waals surface area contributed by atoms with E-state index in [0.29, 0.717) is 11.7 Å². The summed E-state index contributed by atoms with van der Waals surface area (Å²) in [5.41, 5.74) is 0.284. The second-order valence-corrected chi connectivity index (χ2v) is 4.35. The van der Waals surface area contributed by atoms with Gasteiger partial charge in [0.05, 0.1) is 17.7 Å². The van der Waals surface area contributed by atoms with Crippen LogP contribution >= 0.6 is 0 Å². The van der Waals surface area contributed by atoms with Crippen LogP contribution in [0.15, 0.2) is 18.2 Å². The Morgan fingerprint density at radius 1 is 1.31 bits per heavy atom. The van der Waals surface area contributed by atoms with Gasteiger partial charge >= 0.3 is 0 Å². The molecule has 1 atom stereocenters. The lowest BCUT2D eigenvalue weighted by Gasteiger charge is -2.16. The van der Waals surface area contributed by atoms with Gasteiger partial charge in [0.25, 0.3) is 0 Å². The summed E-state index contributed by atoms with van der Waals surface area (Å²) in [6.07, 6.45) is 0.923. The van der Waals surface area contributed by atoms with Crippen LogP contribution in [0.25, 0.3) is 0 Å². The average molecular weight is 221 g/mol. The van der Waals surface area contributed by atoms with Crippen molar-refractivity contribution in [2.75, 3.05) is 0 Å². The maximum Gasteiger partial charge on any atom is 0.128 e. The lowest BCUT2D eigenvalue weighted by Crippen LogP contribution is -2.14. The number of nitrogens with zero attached hydrogens (tertiary/aromatic N) is 1. The van der Waals surface area contributed by atoms with Crippen molar-refractivity contribution in [3.05, 3.63) is 29.6 Å². The molecule has 0 fully saturated rings. The van der Waals surface area contributed by atoms with E-state index in [2.05, 4.69) is 13.8 Å². The van der Waals surface area contributed by atoms with Gasteiger partial charge in [-0.25, -0.2) is 4.39 Å². The van der Waals surface area contributed by atoms with E-state index in [1.165, 1.54) is 12.1 Å². The van der Waals surface area contributed by atoms with Crippen LogP contribution in [0, 0.1) is 23.1 Å². The van der Waals surface area contributed by atoms with E-state index in [9.17, 15) is 4.39 Å². The Bertz CT molecular complexity index is 395. The molecule has 1 aromatic carbocycles. The molecule has 1 rings (SSSR count). The molecule has 0 N–H and O–H groups in total. The van der Waals surface area contributed by atoms with Crippen LogP contribution < -0.4 is 4.74 Å². The highest BCUT2D eigenvalue weighted by Crippen LogP contribution is 2.19. The number of hydrogen-bond acceptors (Lipinski definition) is 2. The fourth-order valence-corrected chi connectivity index (χ4v) is 1.64. The van der Waals surface area contributed by atoms with Crippen LogP contribution in [-0.2, 0) is 0 Å². The smallest absolute Gasteiger partial charge is 0.128 e. The van der Waals surface area contributed by atoms with Gasteiger partial charge in [-0.2, -0.15) is 5.26 Å². The van der Waals surface area contributed by atoms with E-state index < -0.39 is 5.82 Å². The van der Waals surface area contributed by atoms with Crippen LogP contribution in [-0.4, -0.2) is 6.10 Å². The quantitative estimate of drug-likeness (QED) is 0.779. The van der Waals surface area contributed by atoms with Crippen molar-refractivity contribution in [1.29, 1.82) is 5.26 Å². The minimum atomic E-state index is -0.439. The minimum Gasteiger partial charge on any atom is -0.491 e. The highest BCUT2D eigenvalue weighted by atomic mass is 19.1.